The maximum atomic E-state index is 12.6. The third-order valence-corrected chi connectivity index (χ3v) is 6.50. The third-order valence-electron chi connectivity index (χ3n) is 6.50. The van der Waals surface area contributed by atoms with Crippen molar-refractivity contribution in [3.8, 4) is 0 Å². The van der Waals surface area contributed by atoms with Crippen molar-refractivity contribution in [1.29, 1.82) is 0 Å². The Balaban J connectivity index is 2.42. The second-order valence-electron chi connectivity index (χ2n) is 10.9. The van der Waals surface area contributed by atoms with Crippen molar-refractivity contribution < 1.29 is 23.9 Å². The molecule has 0 N–H and O–H groups in total. The zero-order chi connectivity index (χ0) is 28.0. The molecule has 1 fully saturated rings. The SMILES string of the molecule is CCCC(=O)N(CCCN(C)C(C)=O)CCCN(CCCN1CCN(C(=O)OC(C)(C)C)CC1)C(C)=O. The zero-order valence-corrected chi connectivity index (χ0v) is 24.4. The van der Waals surface area contributed by atoms with Crippen molar-refractivity contribution in [2.45, 2.75) is 79.2 Å². The van der Waals surface area contributed by atoms with Crippen LogP contribution in [0.4, 0.5) is 4.79 Å². The molecule has 0 unspecified atom stereocenters. The Morgan fingerprint density at radius 3 is 1.84 bits per heavy atom. The zero-order valence-electron chi connectivity index (χ0n) is 24.4. The molecule has 1 heterocycles. The molecule has 1 aliphatic rings. The summed E-state index contributed by atoms with van der Waals surface area (Å²) in [5, 5.41) is 0. The van der Waals surface area contributed by atoms with Crippen LogP contribution in [0.15, 0.2) is 0 Å². The van der Waals surface area contributed by atoms with Gasteiger partial charge in [0, 0.05) is 86.2 Å². The highest BCUT2D eigenvalue weighted by Crippen LogP contribution is 2.12. The summed E-state index contributed by atoms with van der Waals surface area (Å²) < 4.78 is 5.46. The molecule has 1 saturated heterocycles. The minimum atomic E-state index is -0.489. The predicted molar refractivity (Wildman–Crippen MR) is 145 cm³/mol. The molecular formula is C27H51N5O5. The topological polar surface area (TPSA) is 93.7 Å². The molecule has 1 aliphatic heterocycles. The van der Waals surface area contributed by atoms with E-state index < -0.39 is 5.60 Å². The maximum absolute atomic E-state index is 12.6. The lowest BCUT2D eigenvalue weighted by Crippen LogP contribution is -2.50. The van der Waals surface area contributed by atoms with E-state index in [1.807, 2.05) is 37.5 Å². The Bertz CT molecular complexity index is 731. The van der Waals surface area contributed by atoms with E-state index in [1.165, 1.54) is 0 Å². The monoisotopic (exact) mass is 525 g/mol. The Kier molecular flexibility index (Phi) is 14.5. The average Bonchev–Trinajstić information content (AvgIpc) is 2.81. The number of amides is 4. The van der Waals surface area contributed by atoms with Crippen LogP contribution in [-0.4, -0.2) is 126 Å². The van der Waals surface area contributed by atoms with Gasteiger partial charge in [-0.1, -0.05) is 6.92 Å². The minimum Gasteiger partial charge on any atom is -0.444 e. The van der Waals surface area contributed by atoms with Crippen LogP contribution >= 0.6 is 0 Å². The molecule has 37 heavy (non-hydrogen) atoms. The van der Waals surface area contributed by atoms with Crippen molar-refractivity contribution in [3.63, 3.8) is 0 Å². The number of nitrogens with zero attached hydrogens (tertiary/aromatic N) is 5. The molecule has 0 atom stereocenters. The van der Waals surface area contributed by atoms with Gasteiger partial charge < -0.3 is 24.3 Å². The lowest BCUT2D eigenvalue weighted by Gasteiger charge is -2.35. The van der Waals surface area contributed by atoms with Crippen LogP contribution in [0.5, 0.6) is 0 Å². The molecule has 0 aliphatic carbocycles. The van der Waals surface area contributed by atoms with Crippen molar-refractivity contribution in [1.82, 2.24) is 24.5 Å². The molecule has 10 heteroatoms. The second-order valence-corrected chi connectivity index (χ2v) is 10.9. The largest absolute Gasteiger partial charge is 0.444 e. The minimum absolute atomic E-state index is 0.0217. The number of carbonyl (C=O) groups is 4. The standard InChI is InChI=1S/C27H51N5O5/c1-8-12-25(35)31(17-9-13-28(7)23(2)33)18-11-16-30(24(3)34)15-10-14-29-19-21-32(22-20-29)26(36)37-27(4,5)6/h8-22H2,1-7H3. The van der Waals surface area contributed by atoms with Crippen LogP contribution in [0.25, 0.3) is 0 Å². The van der Waals surface area contributed by atoms with Gasteiger partial charge in [-0.05, 0) is 53.0 Å². The summed E-state index contributed by atoms with van der Waals surface area (Å²) in [5.74, 6) is 0.200. The predicted octanol–water partition coefficient (Wildman–Crippen LogP) is 2.66. The van der Waals surface area contributed by atoms with Crippen LogP contribution in [0, 0.1) is 0 Å². The molecule has 0 aromatic heterocycles. The molecule has 0 saturated carbocycles. The van der Waals surface area contributed by atoms with Crippen LogP contribution in [0.2, 0.25) is 0 Å². The van der Waals surface area contributed by atoms with E-state index in [-0.39, 0.29) is 23.8 Å². The van der Waals surface area contributed by atoms with Crippen molar-refractivity contribution in [3.05, 3.63) is 0 Å². The molecule has 4 amide bonds. The highest BCUT2D eigenvalue weighted by atomic mass is 16.6. The van der Waals surface area contributed by atoms with Crippen molar-refractivity contribution in [2.24, 2.45) is 0 Å². The number of ether oxygens (including phenoxy) is 1. The number of hydrogen-bond donors (Lipinski definition) is 0. The quantitative estimate of drug-likeness (QED) is 0.346. The molecule has 0 spiro atoms. The fraction of sp³-hybridized carbons (Fsp3) is 0.852. The fourth-order valence-corrected chi connectivity index (χ4v) is 4.23. The fourth-order valence-electron chi connectivity index (χ4n) is 4.23. The van der Waals surface area contributed by atoms with Gasteiger partial charge in [-0.3, -0.25) is 19.3 Å². The number of rotatable bonds is 14. The first kappa shape index (κ1) is 32.7. The number of hydrogen-bond acceptors (Lipinski definition) is 6. The van der Waals surface area contributed by atoms with Gasteiger partial charge in [-0.2, -0.15) is 0 Å². The summed E-state index contributed by atoms with van der Waals surface area (Å²) in [6, 6.07) is 0. The van der Waals surface area contributed by atoms with E-state index in [0.29, 0.717) is 52.2 Å². The van der Waals surface area contributed by atoms with Crippen LogP contribution in [0.1, 0.15) is 73.6 Å². The Morgan fingerprint density at radius 2 is 1.32 bits per heavy atom. The highest BCUT2D eigenvalue weighted by molar-refractivity contribution is 5.76. The van der Waals surface area contributed by atoms with E-state index in [9.17, 15) is 19.2 Å². The van der Waals surface area contributed by atoms with Gasteiger partial charge in [-0.25, -0.2) is 4.79 Å². The van der Waals surface area contributed by atoms with E-state index in [2.05, 4.69) is 4.90 Å². The van der Waals surface area contributed by atoms with Crippen molar-refractivity contribution >= 4 is 23.8 Å². The molecule has 0 radical (unpaired) electrons. The Labute approximate surface area is 224 Å². The molecule has 0 aromatic rings. The first-order chi connectivity index (χ1) is 17.3. The van der Waals surface area contributed by atoms with Gasteiger partial charge in [0.15, 0.2) is 0 Å². The van der Waals surface area contributed by atoms with E-state index in [0.717, 1.165) is 45.3 Å². The Morgan fingerprint density at radius 1 is 0.784 bits per heavy atom. The Hall–Kier alpha value is -2.36. The molecule has 1 rings (SSSR count). The van der Waals surface area contributed by atoms with E-state index >= 15 is 0 Å². The summed E-state index contributed by atoms with van der Waals surface area (Å²) in [4.78, 5) is 57.9. The maximum Gasteiger partial charge on any atom is 0.410 e. The summed E-state index contributed by atoms with van der Waals surface area (Å²) in [7, 11) is 1.77. The lowest BCUT2D eigenvalue weighted by molar-refractivity contribution is -0.131. The van der Waals surface area contributed by atoms with Crippen LogP contribution in [0.3, 0.4) is 0 Å². The van der Waals surface area contributed by atoms with Crippen LogP contribution in [-0.2, 0) is 19.1 Å². The smallest absolute Gasteiger partial charge is 0.410 e. The van der Waals surface area contributed by atoms with E-state index in [1.54, 1.807) is 30.7 Å². The highest BCUT2D eigenvalue weighted by Gasteiger charge is 2.25. The van der Waals surface area contributed by atoms with Crippen molar-refractivity contribution in [2.75, 3.05) is 72.5 Å². The summed E-state index contributed by atoms with van der Waals surface area (Å²) in [6.45, 7) is 17.7. The van der Waals surface area contributed by atoms with Crippen LogP contribution < -0.4 is 0 Å². The average molecular weight is 526 g/mol. The molecule has 10 nitrogen and oxygen atoms in total. The first-order valence-corrected chi connectivity index (χ1v) is 13.8. The number of carbonyl (C=O) groups excluding carboxylic acids is 4. The van der Waals surface area contributed by atoms with Gasteiger partial charge in [-0.15, -0.1) is 0 Å². The summed E-state index contributed by atoms with van der Waals surface area (Å²) in [6.07, 6.45) is 3.39. The summed E-state index contributed by atoms with van der Waals surface area (Å²) >= 11 is 0. The van der Waals surface area contributed by atoms with E-state index in [4.69, 9.17) is 4.74 Å². The molecule has 0 bridgehead atoms. The normalized spacial score (nSPS) is 14.3. The van der Waals surface area contributed by atoms with Gasteiger partial charge in [0.05, 0.1) is 0 Å². The molecule has 0 aromatic carbocycles. The molecular weight excluding hydrogens is 474 g/mol. The second kappa shape index (κ2) is 16.5. The van der Waals surface area contributed by atoms with Gasteiger partial charge >= 0.3 is 6.09 Å². The van der Waals surface area contributed by atoms with Gasteiger partial charge in [0.2, 0.25) is 17.7 Å². The van der Waals surface area contributed by atoms with Gasteiger partial charge in [0.25, 0.3) is 0 Å². The number of piperazine rings is 1. The third kappa shape index (κ3) is 13.7. The summed E-state index contributed by atoms with van der Waals surface area (Å²) in [5.41, 5.74) is -0.489. The lowest BCUT2D eigenvalue weighted by atomic mass is 10.2. The molecule has 214 valence electrons. The van der Waals surface area contributed by atoms with Gasteiger partial charge in [0.1, 0.15) is 5.60 Å². The first-order valence-electron chi connectivity index (χ1n) is 13.8.